The van der Waals surface area contributed by atoms with Crippen LogP contribution in [0.25, 0.3) is 0 Å². The number of nitrogens with zero attached hydrogens (tertiary/aromatic N) is 5. The van der Waals surface area contributed by atoms with Crippen molar-refractivity contribution in [3.8, 4) is 0 Å². The molecule has 22 nitrogen and oxygen atoms in total. The zero-order valence-electron chi connectivity index (χ0n) is 79.7. The van der Waals surface area contributed by atoms with Crippen LogP contribution >= 0.6 is 0 Å². The van der Waals surface area contributed by atoms with E-state index in [0.717, 1.165) is 116 Å². The van der Waals surface area contributed by atoms with Gasteiger partial charge in [0.1, 0.15) is 24.6 Å². The maximum absolute atomic E-state index is 12.5. The van der Waals surface area contributed by atoms with Crippen LogP contribution in [0.2, 0.25) is 0 Å². The van der Waals surface area contributed by atoms with Crippen molar-refractivity contribution in [3.63, 3.8) is 0 Å². The average Bonchev–Trinajstić information content (AvgIpc) is 1.64. The lowest BCUT2D eigenvalue weighted by Gasteiger charge is -2.22. The fourth-order valence-corrected chi connectivity index (χ4v) is 24.1. The van der Waals surface area contributed by atoms with Crippen molar-refractivity contribution >= 4 is 30.0 Å². The summed E-state index contributed by atoms with van der Waals surface area (Å²) in [6.45, 7) is 8.83. The number of likely N-dealkylation sites (tertiary alicyclic amines) is 5. The molecule has 5 aromatic rings. The number of hydrogen-bond donors (Lipinski definition) is 8. The summed E-state index contributed by atoms with van der Waals surface area (Å²) in [4.78, 5) is 67.8. The molecular weight excluding hydrogens is 1700 g/mol. The second kappa shape index (κ2) is 48.4. The van der Waals surface area contributed by atoms with Crippen LogP contribution in [0, 0.1) is 65.1 Å². The number of aldehydes is 1. The van der Waals surface area contributed by atoms with Gasteiger partial charge in [-0.15, -0.1) is 0 Å². The number of esters is 3. The van der Waals surface area contributed by atoms with E-state index < -0.39 is 30.7 Å². The lowest BCUT2D eigenvalue weighted by molar-refractivity contribution is -0.142. The fraction of sp³-hybridized carbons (Fsp3) is 0.566. The van der Waals surface area contributed by atoms with Crippen molar-refractivity contribution in [2.24, 2.45) is 65.1 Å². The molecule has 0 radical (unpaired) electrons. The van der Waals surface area contributed by atoms with Crippen LogP contribution in [-0.4, -0.2) is 268 Å². The molecule has 730 valence electrons. The first kappa shape index (κ1) is 102. The molecular formula is C113H152N6O16. The van der Waals surface area contributed by atoms with Gasteiger partial charge in [-0.1, -0.05) is 247 Å². The van der Waals surface area contributed by atoms with E-state index in [4.69, 9.17) is 18.9 Å². The minimum atomic E-state index is -0.621. The summed E-state index contributed by atoms with van der Waals surface area (Å²) < 4.78 is 21.3. The molecule has 5 aliphatic carbocycles. The second-order valence-corrected chi connectivity index (χ2v) is 41.0. The molecule has 20 rings (SSSR count). The molecule has 10 aliphatic heterocycles. The largest absolute Gasteiger partial charge is 0.461 e. The molecule has 10 heterocycles. The topological polar surface area (TPSA) is 292 Å². The van der Waals surface area contributed by atoms with Crippen molar-refractivity contribution in [3.05, 3.63) is 262 Å². The number of carbonyl (C=O) groups excluding carboxylic acids is 5. The zero-order chi connectivity index (χ0) is 94.2. The zero-order valence-corrected chi connectivity index (χ0v) is 79.7. The Kier molecular flexibility index (Phi) is 36.7. The number of ether oxygens (including phenoxy) is 4. The summed E-state index contributed by atoms with van der Waals surface area (Å²) in [5.41, 5.74) is 13.5. The van der Waals surface area contributed by atoms with Crippen LogP contribution in [0.15, 0.2) is 206 Å². The summed E-state index contributed by atoms with van der Waals surface area (Å²) in [7, 11) is 10.1. The van der Waals surface area contributed by atoms with E-state index in [-0.39, 0.29) is 163 Å². The van der Waals surface area contributed by atoms with Gasteiger partial charge in [-0.3, -0.25) is 43.7 Å². The molecule has 23 atom stereocenters. The number of rotatable bonds is 26. The predicted molar refractivity (Wildman–Crippen MR) is 527 cm³/mol. The maximum Gasteiger partial charge on any atom is 0.306 e. The van der Waals surface area contributed by atoms with Crippen LogP contribution in [0.3, 0.4) is 0 Å². The third-order valence-electron chi connectivity index (χ3n) is 31.8. The number of likely N-dealkylation sites (N-methyl/N-ethyl adjacent to an activating group) is 5. The summed E-state index contributed by atoms with van der Waals surface area (Å²) in [5.74, 6) is 2.22. The molecule has 0 amide bonds. The first-order chi connectivity index (χ1) is 64.8. The molecule has 15 aliphatic rings. The molecule has 0 saturated carbocycles. The number of fused-ring (bicyclic) bond motifs is 9. The summed E-state index contributed by atoms with van der Waals surface area (Å²) in [6.07, 6.45) is 47.2. The molecule has 5 aromatic carbocycles. The molecule has 0 aromatic heterocycles. The predicted octanol–water partition coefficient (Wildman–Crippen LogP) is 11.9. The molecule has 10 saturated heterocycles. The Hall–Kier alpha value is -8.53. The van der Waals surface area contributed by atoms with Gasteiger partial charge in [0, 0.05) is 117 Å². The van der Waals surface area contributed by atoms with E-state index in [2.05, 4.69) is 218 Å². The van der Waals surface area contributed by atoms with Gasteiger partial charge < -0.3 is 64.8 Å². The van der Waals surface area contributed by atoms with Crippen molar-refractivity contribution in [2.45, 2.75) is 266 Å². The third-order valence-corrected chi connectivity index (χ3v) is 31.8. The number of aliphatic hydroxyl groups excluding tert-OH is 7. The molecule has 135 heavy (non-hydrogen) atoms. The van der Waals surface area contributed by atoms with Gasteiger partial charge in [-0.2, -0.15) is 0 Å². The van der Waals surface area contributed by atoms with Crippen molar-refractivity contribution in [2.75, 3.05) is 74.5 Å². The van der Waals surface area contributed by atoms with E-state index >= 15 is 0 Å². The Labute approximate surface area is 801 Å². The number of β-amino-alcohol motifs (C(OH)–C–C–N with tert-alkyl or cyclic N) is 2. The molecule has 0 bridgehead atoms. The Balaban J connectivity index is 0.000000131. The number of ketones is 1. The van der Waals surface area contributed by atoms with E-state index in [1.54, 1.807) is 6.08 Å². The highest BCUT2D eigenvalue weighted by Gasteiger charge is 2.51. The van der Waals surface area contributed by atoms with Gasteiger partial charge in [-0.05, 0) is 211 Å². The Morgan fingerprint density at radius 1 is 0.400 bits per heavy atom. The van der Waals surface area contributed by atoms with Gasteiger partial charge in [0.15, 0.2) is 12.1 Å². The Morgan fingerprint density at radius 3 is 1.11 bits per heavy atom. The number of aliphatic hydroxyl groups is 7. The molecule has 1 unspecified atom stereocenters. The van der Waals surface area contributed by atoms with E-state index in [9.17, 15) is 59.7 Å². The summed E-state index contributed by atoms with van der Waals surface area (Å²) >= 11 is 0. The van der Waals surface area contributed by atoms with E-state index in [1.165, 1.54) is 81.3 Å². The lowest BCUT2D eigenvalue weighted by Crippen LogP contribution is -2.31. The van der Waals surface area contributed by atoms with Crippen LogP contribution < -0.4 is 5.32 Å². The smallest absolute Gasteiger partial charge is 0.306 e. The standard InChI is InChI=1S/C24H35NO2.C23H33NO2.C19H25NO3.C19H23NO3.C19H21NO3.C8H11NO3.CH4/c1-3-4-5-6-7-12-21-22(25(2)17-24(21)27)13-14-23(26)20-15-18-10-8-9-11-19(18)16-20;1-2-3-4-5-6-11-20-21(24-16-23(20)26)12-13-22(25)19-14-17-9-7-8-10-18(17)15-19;3*1-20-11-18-15(10-19(22)23-18)16(20)6-7-17(21)14-8-12-4-2-3-5-13(12)9-14;1-9-3-7-5(6(9)4-10)2-8(11)12-7;/h6-11,13-14,20-24,26-27H,3-5,12,15-17H2,1-2H3;5-10,12-13,19-26H,2-4,11,14-16H2,1H3;2-7,14-19,21-22H,8-11H2,1H3;2-7,14-18,21H,8-11H2,1H3;2-7,14-16,18H,8-11H2,1H3;4-7H,2-3H2,1H3;1H4/b7-6-,14-13+;6-5-,13-12+;3*7-6+;;/t21-,22-,23-,24+;20-,21-,22-,23+;15-,16-,17-,18+,19?;15-,16-,17-,18+;15-,16-,18+;5-,6-,7+;/m111111./s1. The second-order valence-electron chi connectivity index (χ2n) is 41.0. The minimum absolute atomic E-state index is 0. The molecule has 10 fully saturated rings. The Morgan fingerprint density at radius 2 is 0.726 bits per heavy atom. The number of carbonyl (C=O) groups is 5. The van der Waals surface area contributed by atoms with Gasteiger partial charge in [0.05, 0.1) is 68.0 Å². The fourth-order valence-electron chi connectivity index (χ4n) is 24.1. The highest BCUT2D eigenvalue weighted by Crippen LogP contribution is 2.42. The highest BCUT2D eigenvalue weighted by molar-refractivity contribution is 5.93. The lowest BCUT2D eigenvalue weighted by atomic mass is 9.92. The quantitative estimate of drug-likeness (QED) is 0.00637. The van der Waals surface area contributed by atoms with Crippen molar-refractivity contribution in [1.29, 1.82) is 0 Å². The first-order valence-electron chi connectivity index (χ1n) is 50.1. The number of nitrogens with one attached hydrogen (secondary N) is 1. The van der Waals surface area contributed by atoms with Crippen molar-refractivity contribution in [1.82, 2.24) is 29.8 Å². The van der Waals surface area contributed by atoms with E-state index in [0.29, 0.717) is 51.2 Å². The van der Waals surface area contributed by atoms with Crippen LogP contribution in [0.4, 0.5) is 0 Å². The van der Waals surface area contributed by atoms with Crippen LogP contribution in [0.1, 0.15) is 154 Å². The summed E-state index contributed by atoms with van der Waals surface area (Å²) in [5, 5.41) is 76.2. The Bertz CT molecular complexity index is 4840. The maximum atomic E-state index is 12.5. The van der Waals surface area contributed by atoms with Crippen LogP contribution in [0.5, 0.6) is 0 Å². The number of unbranched alkanes of at least 4 members (excludes halogenated alkanes) is 4. The van der Waals surface area contributed by atoms with Crippen LogP contribution in [-0.2, 0) is 107 Å². The molecule has 0 spiro atoms. The normalized spacial score (nSPS) is 31.3. The van der Waals surface area contributed by atoms with Gasteiger partial charge in [0.2, 0.25) is 0 Å². The number of benzene rings is 5. The number of hydrogen-bond acceptors (Lipinski definition) is 22. The SMILES string of the molecule is C.CCCC/C=C\C[C@@H]1[C@@H](/C=C/[C@@H](O)C2Cc3ccccc3C2)N(C)C[C@@H]1O.CCCC/C=C\C[C@H]1[C@@H](O)CN[C@@H]1/C=C/[C@@H](O)C1Cc2ccccc2C1.CN1C[C@@H]2OC(=O)C[C@@H]2[C@H]1/C=C/C(=O)C1Cc2ccccc2C1.CN1C[C@@H]2OC(=O)C[C@@H]2[C@H]1/C=C/[C@@H](O)C1Cc2ccccc2C1.CN1C[C@@H]2OC(=O)C[C@@H]2[C@H]1C=O.CN1C[C@@H]2OC(O)C[C@@H]2[C@H]1/C=C/[C@@H](O)C1Cc2ccccc2C1. The molecule has 22 heteroatoms. The molecule has 8 N–H and O–H groups in total. The monoisotopic (exact) mass is 1850 g/mol. The van der Waals surface area contributed by atoms with Gasteiger partial charge in [-0.25, -0.2) is 0 Å². The number of allylic oxidation sites excluding steroid dienone is 5. The van der Waals surface area contributed by atoms with Gasteiger partial charge >= 0.3 is 17.9 Å². The minimum Gasteiger partial charge on any atom is -0.461 e. The first-order valence-corrected chi connectivity index (χ1v) is 50.1. The third kappa shape index (κ3) is 25.8. The average molecular weight is 1850 g/mol. The summed E-state index contributed by atoms with van der Waals surface area (Å²) in [6, 6.07) is 43.0. The van der Waals surface area contributed by atoms with E-state index in [1.807, 2.05) is 61.5 Å². The van der Waals surface area contributed by atoms with Crippen molar-refractivity contribution < 1.29 is 78.7 Å². The van der Waals surface area contributed by atoms with Gasteiger partial charge in [0.25, 0.3) is 0 Å². The highest BCUT2D eigenvalue weighted by atomic mass is 16.6.